The molecule has 2 rings (SSSR count). The van der Waals surface area contributed by atoms with Crippen LogP contribution in [0.5, 0.6) is 0 Å². The van der Waals surface area contributed by atoms with Gasteiger partial charge in [0.1, 0.15) is 12.4 Å². The Labute approximate surface area is 120 Å². The topological polar surface area (TPSA) is 68.2 Å². The van der Waals surface area contributed by atoms with Gasteiger partial charge in [0.25, 0.3) is 5.56 Å². The molecule has 21 heavy (non-hydrogen) atoms. The molecule has 0 atom stereocenters. The van der Waals surface area contributed by atoms with E-state index in [9.17, 15) is 18.8 Å². The lowest BCUT2D eigenvalue weighted by molar-refractivity contribution is -0.116. The number of nitrogens with zero attached hydrogens (tertiary/aromatic N) is 1. The van der Waals surface area contributed by atoms with Gasteiger partial charge in [-0.1, -0.05) is 12.1 Å². The van der Waals surface area contributed by atoms with E-state index in [0.717, 1.165) is 22.9 Å². The lowest BCUT2D eigenvalue weighted by Crippen LogP contribution is -2.27. The summed E-state index contributed by atoms with van der Waals surface area (Å²) >= 11 is 0. The summed E-state index contributed by atoms with van der Waals surface area (Å²) in [7, 11) is 0. The first-order chi connectivity index (χ1) is 9.95. The number of halogens is 1. The smallest absolute Gasteiger partial charge is 0.251 e. The van der Waals surface area contributed by atoms with Crippen LogP contribution in [0.2, 0.25) is 0 Å². The van der Waals surface area contributed by atoms with Gasteiger partial charge in [0, 0.05) is 23.5 Å². The van der Waals surface area contributed by atoms with Crippen LogP contribution in [0.25, 0.3) is 0 Å². The lowest BCUT2D eigenvalue weighted by Gasteiger charge is -2.08. The molecule has 0 saturated heterocycles. The Morgan fingerprint density at radius 1 is 1.24 bits per heavy atom. The van der Waals surface area contributed by atoms with E-state index >= 15 is 0 Å². The fourth-order valence-electron chi connectivity index (χ4n) is 1.80. The minimum Gasteiger partial charge on any atom is -0.325 e. The molecule has 0 radical (unpaired) electrons. The molecule has 0 aliphatic heterocycles. The average Bonchev–Trinajstić information content (AvgIpc) is 2.43. The fraction of sp³-hybridized carbons (Fsp3) is 0.133. The zero-order valence-corrected chi connectivity index (χ0v) is 11.3. The second kappa shape index (κ2) is 6.13. The normalized spacial score (nSPS) is 10.2. The minimum absolute atomic E-state index is 0.118. The van der Waals surface area contributed by atoms with E-state index in [1.165, 1.54) is 13.0 Å². The van der Waals surface area contributed by atoms with E-state index in [2.05, 4.69) is 5.32 Å². The molecule has 6 heteroatoms. The molecule has 1 aromatic heterocycles. The summed E-state index contributed by atoms with van der Waals surface area (Å²) in [5.74, 6) is -1.20. The third kappa shape index (κ3) is 3.85. The molecule has 0 bridgehead atoms. The Kier molecular flexibility index (Phi) is 4.27. The summed E-state index contributed by atoms with van der Waals surface area (Å²) in [6.07, 6.45) is 0.966. The molecular formula is C15H13FN2O3. The molecule has 108 valence electrons. The Balaban J connectivity index is 2.11. The van der Waals surface area contributed by atoms with Crippen LogP contribution in [0.15, 0.2) is 47.4 Å². The van der Waals surface area contributed by atoms with Gasteiger partial charge in [0.15, 0.2) is 5.78 Å². The van der Waals surface area contributed by atoms with Crippen molar-refractivity contribution in [3.63, 3.8) is 0 Å². The summed E-state index contributed by atoms with van der Waals surface area (Å²) in [5, 5.41) is 2.56. The molecule has 1 amide bonds. The molecule has 5 nitrogen and oxygen atoms in total. The Morgan fingerprint density at radius 2 is 2.00 bits per heavy atom. The first kappa shape index (κ1) is 14.6. The molecule has 0 saturated carbocycles. The summed E-state index contributed by atoms with van der Waals surface area (Å²) in [6.45, 7) is 1.12. The maximum Gasteiger partial charge on any atom is 0.251 e. The van der Waals surface area contributed by atoms with Crippen LogP contribution >= 0.6 is 0 Å². The van der Waals surface area contributed by atoms with Gasteiger partial charge in [0.2, 0.25) is 5.91 Å². The number of carbonyl (C=O) groups is 2. The zero-order chi connectivity index (χ0) is 15.4. The Morgan fingerprint density at radius 3 is 2.71 bits per heavy atom. The molecule has 2 aromatic rings. The number of nitrogens with one attached hydrogen (secondary N) is 1. The Bertz CT molecular complexity index is 753. The van der Waals surface area contributed by atoms with Crippen LogP contribution in [0.4, 0.5) is 10.1 Å². The number of hydrogen-bond acceptors (Lipinski definition) is 3. The van der Waals surface area contributed by atoms with Crippen LogP contribution in [-0.2, 0) is 11.3 Å². The van der Waals surface area contributed by atoms with Gasteiger partial charge in [-0.05, 0) is 25.1 Å². The molecule has 0 spiro atoms. The van der Waals surface area contributed by atoms with Crippen LogP contribution in [0, 0.1) is 5.82 Å². The summed E-state index contributed by atoms with van der Waals surface area (Å²) in [5.41, 5.74) is 0.442. The van der Waals surface area contributed by atoms with Crippen molar-refractivity contribution < 1.29 is 14.0 Å². The van der Waals surface area contributed by atoms with Gasteiger partial charge in [-0.15, -0.1) is 0 Å². The highest BCUT2D eigenvalue weighted by atomic mass is 19.1. The highest BCUT2D eigenvalue weighted by molar-refractivity contribution is 5.97. The quantitative estimate of drug-likeness (QED) is 0.873. The van der Waals surface area contributed by atoms with Crippen LogP contribution in [0.3, 0.4) is 0 Å². The number of pyridine rings is 1. The van der Waals surface area contributed by atoms with E-state index in [1.807, 2.05) is 0 Å². The summed E-state index contributed by atoms with van der Waals surface area (Å²) in [4.78, 5) is 34.6. The molecule has 0 aliphatic carbocycles. The number of rotatable bonds is 4. The molecule has 0 unspecified atom stereocenters. The number of aromatic nitrogens is 1. The van der Waals surface area contributed by atoms with E-state index in [1.54, 1.807) is 18.2 Å². The zero-order valence-electron chi connectivity index (χ0n) is 11.3. The molecule has 1 heterocycles. The van der Waals surface area contributed by atoms with Crippen molar-refractivity contribution in [3.05, 3.63) is 64.3 Å². The number of amides is 1. The highest BCUT2D eigenvalue weighted by Gasteiger charge is 2.07. The van der Waals surface area contributed by atoms with Crippen molar-refractivity contribution in [1.82, 2.24) is 4.57 Å². The van der Waals surface area contributed by atoms with E-state index in [0.29, 0.717) is 11.3 Å². The van der Waals surface area contributed by atoms with Crippen LogP contribution < -0.4 is 10.9 Å². The number of benzene rings is 1. The van der Waals surface area contributed by atoms with Crippen molar-refractivity contribution in [2.24, 2.45) is 0 Å². The van der Waals surface area contributed by atoms with Gasteiger partial charge in [0.05, 0.1) is 0 Å². The van der Waals surface area contributed by atoms with Gasteiger partial charge < -0.3 is 9.88 Å². The standard InChI is InChI=1S/C15H13FN2O3/c1-10(19)11-3-2-4-13(7-11)17-14(20)9-18-8-12(16)5-6-15(18)21/h2-8H,9H2,1H3,(H,17,20). The largest absolute Gasteiger partial charge is 0.325 e. The summed E-state index contributed by atoms with van der Waals surface area (Å²) in [6, 6.07) is 8.52. The number of anilines is 1. The average molecular weight is 288 g/mol. The van der Waals surface area contributed by atoms with Crippen molar-refractivity contribution in [2.75, 3.05) is 5.32 Å². The van der Waals surface area contributed by atoms with Crippen LogP contribution in [0.1, 0.15) is 17.3 Å². The second-order valence-corrected chi connectivity index (χ2v) is 4.50. The van der Waals surface area contributed by atoms with Gasteiger partial charge in [-0.2, -0.15) is 0 Å². The number of ketones is 1. The number of hydrogen-bond donors (Lipinski definition) is 1. The van der Waals surface area contributed by atoms with Crippen molar-refractivity contribution >= 4 is 17.4 Å². The predicted molar refractivity (Wildman–Crippen MR) is 75.7 cm³/mol. The van der Waals surface area contributed by atoms with Crippen LogP contribution in [-0.4, -0.2) is 16.3 Å². The minimum atomic E-state index is -0.596. The SMILES string of the molecule is CC(=O)c1cccc(NC(=O)Cn2cc(F)ccc2=O)c1. The first-order valence-electron chi connectivity index (χ1n) is 6.22. The van der Waals surface area contributed by atoms with Crippen molar-refractivity contribution in [1.29, 1.82) is 0 Å². The van der Waals surface area contributed by atoms with E-state index < -0.39 is 17.3 Å². The summed E-state index contributed by atoms with van der Waals surface area (Å²) < 4.78 is 14.0. The predicted octanol–water partition coefficient (Wildman–Crippen LogP) is 1.83. The second-order valence-electron chi connectivity index (χ2n) is 4.50. The maximum atomic E-state index is 13.0. The number of carbonyl (C=O) groups excluding carboxylic acids is 2. The van der Waals surface area contributed by atoms with Crippen molar-refractivity contribution in [2.45, 2.75) is 13.5 Å². The lowest BCUT2D eigenvalue weighted by atomic mass is 10.1. The van der Waals surface area contributed by atoms with Gasteiger partial charge in [-0.3, -0.25) is 14.4 Å². The molecule has 1 N–H and O–H groups in total. The maximum absolute atomic E-state index is 13.0. The molecule has 0 fully saturated rings. The molecular weight excluding hydrogens is 275 g/mol. The molecule has 0 aliphatic rings. The highest BCUT2D eigenvalue weighted by Crippen LogP contribution is 2.11. The Hall–Kier alpha value is -2.76. The van der Waals surface area contributed by atoms with Gasteiger partial charge in [-0.25, -0.2) is 4.39 Å². The number of Topliss-reactive ketones (excluding diaryl/α,β-unsaturated/α-hetero) is 1. The third-order valence-corrected chi connectivity index (χ3v) is 2.81. The van der Waals surface area contributed by atoms with E-state index in [-0.39, 0.29) is 12.3 Å². The third-order valence-electron chi connectivity index (χ3n) is 2.81. The van der Waals surface area contributed by atoms with Gasteiger partial charge >= 0.3 is 0 Å². The first-order valence-corrected chi connectivity index (χ1v) is 6.22. The fourth-order valence-corrected chi connectivity index (χ4v) is 1.80. The molecule has 1 aromatic carbocycles. The van der Waals surface area contributed by atoms with Crippen molar-refractivity contribution in [3.8, 4) is 0 Å². The monoisotopic (exact) mass is 288 g/mol. The van der Waals surface area contributed by atoms with E-state index in [4.69, 9.17) is 0 Å².